The molecule has 0 heterocycles. The predicted molar refractivity (Wildman–Crippen MR) is 53.4 cm³/mol. The molecule has 0 aliphatic rings. The van der Waals surface area contributed by atoms with Crippen LogP contribution in [0, 0.1) is 0 Å². The lowest BCUT2D eigenvalue weighted by molar-refractivity contribution is -0.135. The third kappa shape index (κ3) is 3.50. The van der Waals surface area contributed by atoms with Gasteiger partial charge in [0.05, 0.1) is 0 Å². The smallest absolute Gasteiger partial charge is 0.371 e. The van der Waals surface area contributed by atoms with E-state index in [0.29, 0.717) is 11.8 Å². The number of hydrogen-bond donors (Lipinski definition) is 1. The lowest BCUT2D eigenvalue weighted by atomic mass is 10.2. The van der Waals surface area contributed by atoms with Crippen molar-refractivity contribution in [2.75, 3.05) is 0 Å². The maximum Gasteiger partial charge on any atom is 0.371 e. The highest BCUT2D eigenvalue weighted by Gasteiger charge is 2.07. The van der Waals surface area contributed by atoms with E-state index in [9.17, 15) is 9.59 Å². The summed E-state index contributed by atoms with van der Waals surface area (Å²) in [5.74, 6) is -0.237. The van der Waals surface area contributed by atoms with E-state index in [1.54, 1.807) is 24.3 Å². The summed E-state index contributed by atoms with van der Waals surface area (Å²) in [6, 6.07) is 8.78. The molecule has 4 nitrogen and oxygen atoms in total. The Bertz CT molecular complexity index is 413. The second-order valence-corrected chi connectivity index (χ2v) is 2.58. The molecule has 0 aliphatic heterocycles. The van der Waals surface area contributed by atoms with Gasteiger partial charge in [-0.25, -0.2) is 9.59 Å². The topological polar surface area (TPSA) is 63.6 Å². The molecule has 0 saturated carbocycles. The van der Waals surface area contributed by atoms with Crippen molar-refractivity contribution < 1.29 is 19.4 Å². The fraction of sp³-hybridized carbons (Fsp3) is 0. The molecular formula is C11H8O4. The Morgan fingerprint density at radius 1 is 1.33 bits per heavy atom. The van der Waals surface area contributed by atoms with Gasteiger partial charge in [0.2, 0.25) is 5.76 Å². The van der Waals surface area contributed by atoms with Crippen LogP contribution in [0.4, 0.5) is 0 Å². The molecule has 0 bridgehead atoms. The van der Waals surface area contributed by atoms with Crippen molar-refractivity contribution in [1.82, 2.24) is 0 Å². The van der Waals surface area contributed by atoms with Crippen LogP contribution in [-0.4, -0.2) is 17.0 Å². The number of rotatable bonds is 4. The molecule has 1 aromatic carbocycles. The second-order valence-electron chi connectivity index (χ2n) is 2.58. The normalized spacial score (nSPS) is 10.3. The number of ether oxygens (including phenoxy) is 1. The first-order valence-corrected chi connectivity index (χ1v) is 4.10. The first-order chi connectivity index (χ1) is 7.24. The van der Waals surface area contributed by atoms with Crippen LogP contribution >= 0.6 is 0 Å². The van der Waals surface area contributed by atoms with E-state index in [1.165, 1.54) is 12.0 Å². The summed E-state index contributed by atoms with van der Waals surface area (Å²) in [7, 11) is 0. The molecular weight excluding hydrogens is 196 g/mol. The van der Waals surface area contributed by atoms with E-state index in [2.05, 4.69) is 4.74 Å². The summed E-state index contributed by atoms with van der Waals surface area (Å²) in [5.41, 5.74) is 0.675. The van der Waals surface area contributed by atoms with Crippen molar-refractivity contribution >= 4 is 18.0 Å². The van der Waals surface area contributed by atoms with Crippen LogP contribution in [0.1, 0.15) is 5.56 Å². The summed E-state index contributed by atoms with van der Waals surface area (Å²) >= 11 is 0. The third-order valence-corrected chi connectivity index (χ3v) is 1.54. The number of carboxylic acid groups (broad SMARTS) is 1. The molecule has 0 fully saturated rings. The van der Waals surface area contributed by atoms with Gasteiger partial charge in [-0.1, -0.05) is 30.3 Å². The molecule has 0 aromatic heterocycles. The summed E-state index contributed by atoms with van der Waals surface area (Å²) in [6.07, 6.45) is 1.97. The zero-order valence-corrected chi connectivity index (χ0v) is 7.71. The Kier molecular flexibility index (Phi) is 3.89. The molecule has 1 aromatic rings. The van der Waals surface area contributed by atoms with Crippen molar-refractivity contribution in [3.05, 3.63) is 47.9 Å². The van der Waals surface area contributed by atoms with Crippen LogP contribution in [0.3, 0.4) is 0 Å². The lowest BCUT2D eigenvalue weighted by Crippen LogP contribution is -2.01. The zero-order valence-electron chi connectivity index (χ0n) is 7.71. The van der Waals surface area contributed by atoms with E-state index in [1.807, 2.05) is 6.07 Å². The summed E-state index contributed by atoms with van der Waals surface area (Å²) in [4.78, 5) is 20.5. The Morgan fingerprint density at radius 2 is 2.00 bits per heavy atom. The first kappa shape index (κ1) is 10.8. The first-order valence-electron chi connectivity index (χ1n) is 4.10. The van der Waals surface area contributed by atoms with Crippen molar-refractivity contribution in [1.29, 1.82) is 0 Å². The molecule has 1 rings (SSSR count). The summed E-state index contributed by atoms with van der Waals surface area (Å²) < 4.78 is 4.57. The van der Waals surface area contributed by atoms with E-state index >= 15 is 0 Å². The van der Waals surface area contributed by atoms with E-state index in [4.69, 9.17) is 5.11 Å². The Morgan fingerprint density at radius 3 is 2.53 bits per heavy atom. The average Bonchev–Trinajstić information content (AvgIpc) is 2.25. The van der Waals surface area contributed by atoms with E-state index < -0.39 is 5.97 Å². The SMILES string of the molecule is O=C=COC(=Cc1ccccc1)C(=O)O. The van der Waals surface area contributed by atoms with Gasteiger partial charge in [-0.3, -0.25) is 0 Å². The molecule has 76 valence electrons. The average molecular weight is 204 g/mol. The molecule has 0 spiro atoms. The predicted octanol–water partition coefficient (Wildman–Crippen LogP) is 1.47. The van der Waals surface area contributed by atoms with Crippen molar-refractivity contribution in [3.63, 3.8) is 0 Å². The van der Waals surface area contributed by atoms with Crippen LogP contribution in [-0.2, 0) is 14.3 Å². The summed E-state index contributed by atoms with van der Waals surface area (Å²) in [6.45, 7) is 0. The molecule has 0 radical (unpaired) electrons. The molecule has 1 N–H and O–H groups in total. The Balaban J connectivity index is 2.93. The van der Waals surface area contributed by atoms with Gasteiger partial charge in [0.1, 0.15) is 0 Å². The lowest BCUT2D eigenvalue weighted by Gasteiger charge is -1.99. The van der Waals surface area contributed by atoms with Gasteiger partial charge >= 0.3 is 5.97 Å². The standard InChI is InChI=1S/C11H8O4/c12-6-7-15-10(11(13)14)8-9-4-2-1-3-5-9/h1-5,7-8H,(H,13,14). The van der Waals surface area contributed by atoms with E-state index in [0.717, 1.165) is 0 Å². The zero-order chi connectivity index (χ0) is 11.1. The van der Waals surface area contributed by atoms with Crippen LogP contribution in [0.25, 0.3) is 6.08 Å². The fourth-order valence-corrected chi connectivity index (χ4v) is 0.934. The minimum absolute atomic E-state index is 0.329. The van der Waals surface area contributed by atoms with Crippen LogP contribution in [0.2, 0.25) is 0 Å². The van der Waals surface area contributed by atoms with Gasteiger partial charge in [-0.05, 0) is 11.6 Å². The highest BCUT2D eigenvalue weighted by molar-refractivity contribution is 5.90. The minimum Gasteiger partial charge on any atom is -0.475 e. The third-order valence-electron chi connectivity index (χ3n) is 1.54. The van der Waals surface area contributed by atoms with Gasteiger partial charge in [0, 0.05) is 0 Å². The molecule has 0 aliphatic carbocycles. The quantitative estimate of drug-likeness (QED) is 0.458. The Hall–Kier alpha value is -2.32. The van der Waals surface area contributed by atoms with Gasteiger partial charge in [-0.2, -0.15) is 0 Å². The van der Waals surface area contributed by atoms with Crippen LogP contribution in [0.15, 0.2) is 42.4 Å². The molecule has 0 unspecified atom stereocenters. The number of benzene rings is 1. The van der Waals surface area contributed by atoms with Crippen LogP contribution < -0.4 is 0 Å². The summed E-state index contributed by atoms with van der Waals surface area (Å²) in [5, 5.41) is 8.72. The molecule has 0 saturated heterocycles. The van der Waals surface area contributed by atoms with Crippen LogP contribution in [0.5, 0.6) is 0 Å². The number of hydrogen-bond acceptors (Lipinski definition) is 3. The number of carbonyl (C=O) groups is 1. The maximum absolute atomic E-state index is 10.7. The van der Waals surface area contributed by atoms with Crippen molar-refractivity contribution in [2.45, 2.75) is 0 Å². The van der Waals surface area contributed by atoms with Gasteiger partial charge in [-0.15, -0.1) is 0 Å². The number of carboxylic acids is 1. The fourth-order valence-electron chi connectivity index (χ4n) is 0.934. The molecule has 4 heteroatoms. The monoisotopic (exact) mass is 204 g/mol. The second kappa shape index (κ2) is 5.42. The highest BCUT2D eigenvalue weighted by Crippen LogP contribution is 2.07. The molecule has 15 heavy (non-hydrogen) atoms. The molecule has 0 amide bonds. The largest absolute Gasteiger partial charge is 0.475 e. The Labute approximate surface area is 86.1 Å². The molecule has 0 atom stereocenters. The minimum atomic E-state index is -1.25. The van der Waals surface area contributed by atoms with Crippen molar-refractivity contribution in [3.8, 4) is 0 Å². The van der Waals surface area contributed by atoms with Crippen molar-refractivity contribution in [2.24, 2.45) is 0 Å². The number of aliphatic carboxylic acids is 1. The highest BCUT2D eigenvalue weighted by atomic mass is 16.5. The van der Waals surface area contributed by atoms with Gasteiger partial charge < -0.3 is 9.84 Å². The maximum atomic E-state index is 10.7. The van der Waals surface area contributed by atoms with Gasteiger partial charge in [0.25, 0.3) is 0 Å². The number of carbonyl (C=O) groups excluding carboxylic acids is 1. The van der Waals surface area contributed by atoms with Gasteiger partial charge in [0.15, 0.2) is 12.2 Å². The van der Waals surface area contributed by atoms with E-state index in [-0.39, 0.29) is 5.76 Å².